The SMILES string of the molecule is [CH2-]Sc1cc[c-]s1.[Li+].[Li+]. The van der Waals surface area contributed by atoms with E-state index in [9.17, 15) is 0 Å². The third-order valence-electron chi connectivity index (χ3n) is 0.589. The Bertz CT molecular complexity index is 128. The Balaban J connectivity index is 0. The Labute approximate surface area is 88.2 Å². The van der Waals surface area contributed by atoms with Gasteiger partial charge in [-0.05, 0) is 0 Å². The van der Waals surface area contributed by atoms with Crippen LogP contribution in [0.2, 0.25) is 0 Å². The van der Waals surface area contributed by atoms with Gasteiger partial charge in [-0.15, -0.1) is 9.59 Å². The van der Waals surface area contributed by atoms with Crippen molar-refractivity contribution in [2.75, 3.05) is 0 Å². The van der Waals surface area contributed by atoms with Crippen LogP contribution < -0.4 is 37.7 Å². The molecule has 0 N–H and O–H groups in total. The third-order valence-corrected chi connectivity index (χ3v) is 2.20. The van der Waals surface area contributed by atoms with Crippen molar-refractivity contribution in [3.8, 4) is 0 Å². The first-order valence-electron chi connectivity index (χ1n) is 1.81. The molecule has 0 saturated heterocycles. The molecule has 0 saturated carbocycles. The van der Waals surface area contributed by atoms with E-state index in [2.05, 4.69) is 11.6 Å². The second kappa shape index (κ2) is 7.35. The summed E-state index contributed by atoms with van der Waals surface area (Å²) in [6.45, 7) is 0. The van der Waals surface area contributed by atoms with E-state index in [0.29, 0.717) is 0 Å². The van der Waals surface area contributed by atoms with Crippen LogP contribution in [0.15, 0.2) is 16.3 Å². The van der Waals surface area contributed by atoms with Gasteiger partial charge in [-0.2, -0.15) is 12.1 Å². The smallest absolute Gasteiger partial charge is 0.391 e. The molecule has 0 unspecified atom stereocenters. The number of hydrogen-bond donors (Lipinski definition) is 0. The zero-order chi connectivity index (χ0) is 5.11. The topological polar surface area (TPSA) is 0 Å². The molecular weight excluding hydrogens is 138 g/mol. The van der Waals surface area contributed by atoms with Gasteiger partial charge in [-0.3, -0.25) is 17.6 Å². The van der Waals surface area contributed by atoms with Gasteiger partial charge in [0.05, 0.1) is 0 Å². The van der Waals surface area contributed by atoms with E-state index in [-0.39, 0.29) is 37.7 Å². The van der Waals surface area contributed by atoms with E-state index in [1.54, 1.807) is 11.3 Å². The summed E-state index contributed by atoms with van der Waals surface area (Å²) in [5, 5.41) is 2.96. The maximum absolute atomic E-state index is 3.64. The summed E-state index contributed by atoms with van der Waals surface area (Å²) >= 11 is 3.11. The molecule has 0 aromatic carbocycles. The maximum atomic E-state index is 3.64. The predicted molar refractivity (Wildman–Crippen MR) is 34.4 cm³/mol. The molecule has 0 nitrogen and oxygen atoms in total. The van der Waals surface area contributed by atoms with Crippen molar-refractivity contribution < 1.29 is 37.7 Å². The van der Waals surface area contributed by atoms with Crippen LogP contribution in [-0.4, -0.2) is 0 Å². The molecule has 9 heavy (non-hydrogen) atoms. The van der Waals surface area contributed by atoms with Crippen molar-refractivity contribution in [1.82, 2.24) is 0 Å². The summed E-state index contributed by atoms with van der Waals surface area (Å²) in [7, 11) is 0. The van der Waals surface area contributed by atoms with Gasteiger partial charge in [-0.1, -0.05) is 0 Å². The minimum absolute atomic E-state index is 0. The Kier molecular flexibility index (Phi) is 10.5. The van der Waals surface area contributed by atoms with Crippen LogP contribution in [0, 0.1) is 11.6 Å². The summed E-state index contributed by atoms with van der Waals surface area (Å²) in [6, 6.07) is 3.90. The van der Waals surface area contributed by atoms with Crippen LogP contribution in [0.4, 0.5) is 0 Å². The van der Waals surface area contributed by atoms with E-state index in [1.165, 1.54) is 16.0 Å². The minimum Gasteiger partial charge on any atom is -0.391 e. The van der Waals surface area contributed by atoms with Crippen molar-refractivity contribution >= 4 is 23.1 Å². The molecule has 1 aromatic heterocycles. The molecular formula is C5H4Li2S2. The first kappa shape index (κ1) is 12.9. The Morgan fingerprint density at radius 3 is 2.44 bits per heavy atom. The molecule has 38 valence electrons. The molecule has 0 spiro atoms. The molecule has 0 fully saturated rings. The normalized spacial score (nSPS) is 7.22. The van der Waals surface area contributed by atoms with Crippen molar-refractivity contribution in [2.45, 2.75) is 4.21 Å². The Hall–Kier alpha value is 1.24. The number of hydrogen-bond acceptors (Lipinski definition) is 2. The summed E-state index contributed by atoms with van der Waals surface area (Å²) in [6.07, 6.45) is 3.64. The Morgan fingerprint density at radius 1 is 1.56 bits per heavy atom. The van der Waals surface area contributed by atoms with Crippen LogP contribution in [0.5, 0.6) is 0 Å². The van der Waals surface area contributed by atoms with Crippen LogP contribution in [-0.2, 0) is 0 Å². The molecule has 0 atom stereocenters. The average molecular weight is 142 g/mol. The molecule has 0 amide bonds. The van der Waals surface area contributed by atoms with E-state index in [0.717, 1.165) is 0 Å². The number of rotatable bonds is 1. The number of thioether (sulfide) groups is 1. The van der Waals surface area contributed by atoms with Gasteiger partial charge in [0.25, 0.3) is 0 Å². The zero-order valence-corrected chi connectivity index (χ0v) is 7.31. The standard InChI is InChI=1S/C5H4S2.2Li/c1-6-5-3-2-4-7-5;;/h2-3H,1H2;;/q-2;2*+1. The largest absolute Gasteiger partial charge is 1.00 e. The van der Waals surface area contributed by atoms with E-state index < -0.39 is 0 Å². The summed E-state index contributed by atoms with van der Waals surface area (Å²) < 4.78 is 1.22. The summed E-state index contributed by atoms with van der Waals surface area (Å²) in [5.74, 6) is 0. The number of thiophene rings is 1. The van der Waals surface area contributed by atoms with Gasteiger partial charge in [-0.25, -0.2) is 0 Å². The molecule has 0 aliphatic heterocycles. The zero-order valence-electron chi connectivity index (χ0n) is 5.68. The van der Waals surface area contributed by atoms with Crippen molar-refractivity contribution in [3.63, 3.8) is 0 Å². The first-order chi connectivity index (χ1) is 3.43. The van der Waals surface area contributed by atoms with Crippen LogP contribution in [0.3, 0.4) is 0 Å². The molecule has 4 heteroatoms. The van der Waals surface area contributed by atoms with Gasteiger partial charge in [0.15, 0.2) is 0 Å². The molecule has 0 aliphatic rings. The first-order valence-corrected chi connectivity index (χ1v) is 3.61. The van der Waals surface area contributed by atoms with E-state index in [4.69, 9.17) is 0 Å². The van der Waals surface area contributed by atoms with Crippen molar-refractivity contribution in [2.24, 2.45) is 0 Å². The minimum atomic E-state index is 0. The van der Waals surface area contributed by atoms with Gasteiger partial charge in [0.2, 0.25) is 0 Å². The van der Waals surface area contributed by atoms with Gasteiger partial charge < -0.3 is 11.8 Å². The monoisotopic (exact) mass is 142 g/mol. The molecule has 0 aliphatic carbocycles. The fraction of sp³-hybridized carbons (Fsp3) is 0. The van der Waals surface area contributed by atoms with E-state index in [1.807, 2.05) is 12.1 Å². The van der Waals surface area contributed by atoms with Crippen LogP contribution in [0.1, 0.15) is 0 Å². The van der Waals surface area contributed by atoms with Crippen LogP contribution in [0.25, 0.3) is 0 Å². The van der Waals surface area contributed by atoms with Crippen molar-refractivity contribution in [1.29, 1.82) is 0 Å². The van der Waals surface area contributed by atoms with Gasteiger partial charge in [0.1, 0.15) is 0 Å². The van der Waals surface area contributed by atoms with E-state index >= 15 is 0 Å². The maximum Gasteiger partial charge on any atom is 1.00 e. The predicted octanol–water partition coefficient (Wildman–Crippen LogP) is -3.56. The molecule has 1 heterocycles. The quantitative estimate of drug-likeness (QED) is 0.222. The Morgan fingerprint density at radius 2 is 2.22 bits per heavy atom. The molecule has 0 bridgehead atoms. The fourth-order valence-electron chi connectivity index (χ4n) is 0.306. The van der Waals surface area contributed by atoms with Crippen molar-refractivity contribution in [3.05, 3.63) is 23.8 Å². The summed E-state index contributed by atoms with van der Waals surface area (Å²) in [5.41, 5.74) is 0. The van der Waals surface area contributed by atoms with Gasteiger partial charge >= 0.3 is 37.7 Å². The van der Waals surface area contributed by atoms with Gasteiger partial charge in [0, 0.05) is 0 Å². The second-order valence-electron chi connectivity index (χ2n) is 1.02. The fourth-order valence-corrected chi connectivity index (χ4v) is 1.24. The molecule has 0 radical (unpaired) electrons. The second-order valence-corrected chi connectivity index (χ2v) is 2.88. The van der Waals surface area contributed by atoms with Crippen LogP contribution >= 0.6 is 23.1 Å². The summed E-state index contributed by atoms with van der Waals surface area (Å²) in [4.78, 5) is 0. The average Bonchev–Trinajstić information content (AvgIpc) is 2.14. The molecule has 1 rings (SSSR count). The third kappa shape index (κ3) is 4.62. The molecule has 1 aromatic rings.